The first-order valence-corrected chi connectivity index (χ1v) is 8.03. The summed E-state index contributed by atoms with van der Waals surface area (Å²) >= 11 is 0. The summed E-state index contributed by atoms with van der Waals surface area (Å²) in [5, 5.41) is 4.32. The van der Waals surface area contributed by atoms with Gasteiger partial charge in [-0.15, -0.1) is 0 Å². The molecule has 0 aliphatic heterocycles. The molecule has 0 spiro atoms. The number of aldehydes is 1. The highest BCUT2D eigenvalue weighted by Gasteiger charge is 2.14. The van der Waals surface area contributed by atoms with Gasteiger partial charge in [-0.2, -0.15) is 5.10 Å². The molecule has 1 heterocycles. The summed E-state index contributed by atoms with van der Waals surface area (Å²) in [5.41, 5.74) is 1.80. The Labute approximate surface area is 118 Å². The van der Waals surface area contributed by atoms with Crippen LogP contribution in [0.25, 0.3) is 11.3 Å². The molecule has 0 saturated carbocycles. The molecule has 1 aromatic heterocycles. The van der Waals surface area contributed by atoms with Gasteiger partial charge in [0.25, 0.3) is 0 Å². The van der Waals surface area contributed by atoms with E-state index in [0.717, 1.165) is 11.8 Å². The Morgan fingerprint density at radius 2 is 1.85 bits per heavy atom. The highest BCUT2D eigenvalue weighted by molar-refractivity contribution is 7.91. The van der Waals surface area contributed by atoms with Crippen LogP contribution in [0.3, 0.4) is 0 Å². The van der Waals surface area contributed by atoms with Crippen LogP contribution in [-0.2, 0) is 16.4 Å². The van der Waals surface area contributed by atoms with Gasteiger partial charge in [0.1, 0.15) is 5.69 Å². The van der Waals surface area contributed by atoms with E-state index in [2.05, 4.69) is 5.10 Å². The van der Waals surface area contributed by atoms with Crippen molar-refractivity contribution >= 4 is 16.1 Å². The van der Waals surface area contributed by atoms with Crippen molar-refractivity contribution in [2.24, 2.45) is 0 Å². The minimum absolute atomic E-state index is 0.0659. The summed E-state index contributed by atoms with van der Waals surface area (Å²) < 4.78 is 25.2. The van der Waals surface area contributed by atoms with Gasteiger partial charge in [-0.3, -0.25) is 9.48 Å². The van der Waals surface area contributed by atoms with Gasteiger partial charge >= 0.3 is 0 Å². The Morgan fingerprint density at radius 3 is 2.35 bits per heavy atom. The van der Waals surface area contributed by atoms with E-state index in [-0.39, 0.29) is 10.6 Å². The summed E-state index contributed by atoms with van der Waals surface area (Å²) in [7, 11) is -3.21. The fourth-order valence-corrected chi connectivity index (χ4v) is 2.78. The standard InChI is InChI=1S/C14H16N2O3S/c1-3-16-9-12(10-17)14(15-16)11-5-7-13(8-6-11)20(18,19)4-2/h5-10H,3-4H2,1-2H3. The first kappa shape index (κ1) is 14.5. The Kier molecular flexibility index (Phi) is 4.04. The van der Waals surface area contributed by atoms with E-state index in [1.807, 2.05) is 6.92 Å². The number of rotatable bonds is 5. The molecule has 1 aromatic carbocycles. The molecule has 0 atom stereocenters. The lowest BCUT2D eigenvalue weighted by Gasteiger charge is -2.03. The Bertz CT molecular complexity index is 715. The zero-order valence-electron chi connectivity index (χ0n) is 11.4. The second-order valence-electron chi connectivity index (χ2n) is 4.33. The van der Waals surface area contributed by atoms with Crippen molar-refractivity contribution in [1.29, 1.82) is 0 Å². The minimum atomic E-state index is -3.21. The van der Waals surface area contributed by atoms with E-state index >= 15 is 0 Å². The number of aryl methyl sites for hydroxylation is 1. The van der Waals surface area contributed by atoms with Gasteiger partial charge in [-0.05, 0) is 19.1 Å². The molecule has 0 amide bonds. The maximum absolute atomic E-state index is 11.7. The maximum Gasteiger partial charge on any atom is 0.178 e. The van der Waals surface area contributed by atoms with Crippen molar-refractivity contribution in [1.82, 2.24) is 9.78 Å². The molecule has 0 aliphatic rings. The monoisotopic (exact) mass is 292 g/mol. The zero-order valence-corrected chi connectivity index (χ0v) is 12.2. The fourth-order valence-electron chi connectivity index (χ4n) is 1.90. The molecule has 0 bridgehead atoms. The molecule has 6 heteroatoms. The second kappa shape index (κ2) is 5.58. The van der Waals surface area contributed by atoms with E-state index in [1.165, 1.54) is 0 Å². The number of benzene rings is 1. The molecule has 0 aliphatic carbocycles. The van der Waals surface area contributed by atoms with Crippen LogP contribution in [-0.4, -0.2) is 30.2 Å². The number of carbonyl (C=O) groups is 1. The van der Waals surface area contributed by atoms with Crippen LogP contribution >= 0.6 is 0 Å². The molecule has 0 saturated heterocycles. The lowest BCUT2D eigenvalue weighted by Crippen LogP contribution is -2.03. The molecule has 5 nitrogen and oxygen atoms in total. The predicted octanol–water partition coefficient (Wildman–Crippen LogP) is 2.18. The average molecular weight is 292 g/mol. The second-order valence-corrected chi connectivity index (χ2v) is 6.61. The predicted molar refractivity (Wildman–Crippen MR) is 76.5 cm³/mol. The highest BCUT2D eigenvalue weighted by Crippen LogP contribution is 2.23. The van der Waals surface area contributed by atoms with Gasteiger partial charge in [0.05, 0.1) is 16.2 Å². The number of hydrogen-bond acceptors (Lipinski definition) is 4. The zero-order chi connectivity index (χ0) is 14.8. The maximum atomic E-state index is 11.7. The Balaban J connectivity index is 2.45. The third-order valence-electron chi connectivity index (χ3n) is 3.11. The van der Waals surface area contributed by atoms with Crippen molar-refractivity contribution in [3.05, 3.63) is 36.0 Å². The fraction of sp³-hybridized carbons (Fsp3) is 0.286. The molecule has 0 fully saturated rings. The molecule has 0 radical (unpaired) electrons. The SMILES string of the molecule is CCn1cc(C=O)c(-c2ccc(S(=O)(=O)CC)cc2)n1. The average Bonchev–Trinajstić information content (AvgIpc) is 2.90. The molecular formula is C14H16N2O3S. The van der Waals surface area contributed by atoms with Gasteiger partial charge in [0, 0.05) is 18.3 Å². The summed E-state index contributed by atoms with van der Waals surface area (Å²) in [4.78, 5) is 11.3. The molecule has 2 rings (SSSR count). The van der Waals surface area contributed by atoms with E-state index in [0.29, 0.717) is 17.8 Å². The van der Waals surface area contributed by atoms with Gasteiger partial charge in [0.2, 0.25) is 0 Å². The smallest absolute Gasteiger partial charge is 0.178 e. The van der Waals surface area contributed by atoms with Crippen LogP contribution in [0.15, 0.2) is 35.4 Å². The number of carbonyl (C=O) groups excluding carboxylic acids is 1. The molecule has 20 heavy (non-hydrogen) atoms. The number of sulfone groups is 1. The lowest BCUT2D eigenvalue weighted by atomic mass is 10.1. The van der Waals surface area contributed by atoms with Gasteiger partial charge < -0.3 is 0 Å². The van der Waals surface area contributed by atoms with Crippen molar-refractivity contribution in [3.8, 4) is 11.3 Å². The number of nitrogens with zero attached hydrogens (tertiary/aromatic N) is 2. The van der Waals surface area contributed by atoms with Gasteiger partial charge in [0.15, 0.2) is 16.1 Å². The molecule has 106 valence electrons. The van der Waals surface area contributed by atoms with Crippen LogP contribution in [0.1, 0.15) is 24.2 Å². The molecule has 0 unspecified atom stereocenters. The highest BCUT2D eigenvalue weighted by atomic mass is 32.2. The molecule has 2 aromatic rings. The van der Waals surface area contributed by atoms with Crippen LogP contribution < -0.4 is 0 Å². The van der Waals surface area contributed by atoms with E-state index in [9.17, 15) is 13.2 Å². The first-order chi connectivity index (χ1) is 9.51. The molecule has 0 N–H and O–H groups in total. The van der Waals surface area contributed by atoms with Crippen LogP contribution in [0.5, 0.6) is 0 Å². The number of aromatic nitrogens is 2. The normalized spacial score (nSPS) is 11.5. The van der Waals surface area contributed by atoms with Crippen LogP contribution in [0.2, 0.25) is 0 Å². The van der Waals surface area contributed by atoms with Crippen molar-refractivity contribution in [2.75, 3.05) is 5.75 Å². The van der Waals surface area contributed by atoms with E-state index in [4.69, 9.17) is 0 Å². The Hall–Kier alpha value is -1.95. The van der Waals surface area contributed by atoms with E-state index in [1.54, 1.807) is 42.1 Å². The summed E-state index contributed by atoms with van der Waals surface area (Å²) in [6.45, 7) is 4.21. The van der Waals surface area contributed by atoms with Gasteiger partial charge in [-0.1, -0.05) is 19.1 Å². The third kappa shape index (κ3) is 2.65. The quantitative estimate of drug-likeness (QED) is 0.792. The topological polar surface area (TPSA) is 69.0 Å². The Morgan fingerprint density at radius 1 is 1.20 bits per heavy atom. The van der Waals surface area contributed by atoms with Crippen LogP contribution in [0.4, 0.5) is 0 Å². The summed E-state index contributed by atoms with van der Waals surface area (Å²) in [6.07, 6.45) is 2.43. The van der Waals surface area contributed by atoms with Crippen LogP contribution in [0, 0.1) is 0 Å². The van der Waals surface area contributed by atoms with Crippen molar-refractivity contribution in [2.45, 2.75) is 25.3 Å². The molecular weight excluding hydrogens is 276 g/mol. The van der Waals surface area contributed by atoms with Crippen molar-refractivity contribution in [3.63, 3.8) is 0 Å². The van der Waals surface area contributed by atoms with Crippen molar-refractivity contribution < 1.29 is 13.2 Å². The van der Waals surface area contributed by atoms with Gasteiger partial charge in [-0.25, -0.2) is 8.42 Å². The summed E-state index contributed by atoms with van der Waals surface area (Å²) in [6, 6.07) is 6.46. The minimum Gasteiger partial charge on any atom is -0.298 e. The number of hydrogen-bond donors (Lipinski definition) is 0. The summed E-state index contributed by atoms with van der Waals surface area (Å²) in [5.74, 6) is 0.0659. The largest absolute Gasteiger partial charge is 0.298 e. The first-order valence-electron chi connectivity index (χ1n) is 6.37. The van der Waals surface area contributed by atoms with E-state index < -0.39 is 9.84 Å². The third-order valence-corrected chi connectivity index (χ3v) is 4.86. The lowest BCUT2D eigenvalue weighted by molar-refractivity contribution is 0.112.